The van der Waals surface area contributed by atoms with Crippen LogP contribution in [0.25, 0.3) is 0 Å². The summed E-state index contributed by atoms with van der Waals surface area (Å²) >= 11 is 0. The number of rotatable bonds is 4. The normalized spacial score (nSPS) is 22.8. The van der Waals surface area contributed by atoms with E-state index in [0.29, 0.717) is 24.8 Å². The maximum absolute atomic E-state index is 11.4. The summed E-state index contributed by atoms with van der Waals surface area (Å²) in [6, 6.07) is 1.68. The topological polar surface area (TPSA) is 75.5 Å². The molecule has 1 aromatic rings. The minimum absolute atomic E-state index is 0.0205. The van der Waals surface area contributed by atoms with Gasteiger partial charge in [-0.25, -0.2) is 9.78 Å². The van der Waals surface area contributed by atoms with Crippen LogP contribution < -0.4 is 9.64 Å². The molecule has 6 nitrogen and oxygen atoms in total. The lowest BCUT2D eigenvalue weighted by Crippen LogP contribution is -2.48. The molecule has 1 atom stereocenters. The Morgan fingerprint density at radius 1 is 1.58 bits per heavy atom. The van der Waals surface area contributed by atoms with E-state index in [4.69, 9.17) is 4.74 Å². The van der Waals surface area contributed by atoms with Crippen LogP contribution in [0.2, 0.25) is 0 Å². The Balaban J connectivity index is 2.28. The molecule has 0 aromatic carbocycles. The molecule has 19 heavy (non-hydrogen) atoms. The summed E-state index contributed by atoms with van der Waals surface area (Å²) < 4.78 is 5.52. The zero-order chi connectivity index (χ0) is 14.0. The number of aliphatic carboxylic acids is 1. The number of hydrogen-bond acceptors (Lipinski definition) is 5. The van der Waals surface area contributed by atoms with Gasteiger partial charge in [0.05, 0.1) is 6.10 Å². The van der Waals surface area contributed by atoms with Gasteiger partial charge in [-0.1, -0.05) is 0 Å². The zero-order valence-electron chi connectivity index (χ0n) is 11.5. The van der Waals surface area contributed by atoms with Gasteiger partial charge in [0.25, 0.3) is 0 Å². The second-order valence-electron chi connectivity index (χ2n) is 5.20. The van der Waals surface area contributed by atoms with E-state index in [2.05, 4.69) is 9.97 Å². The van der Waals surface area contributed by atoms with Gasteiger partial charge in [-0.2, -0.15) is 4.98 Å². The highest BCUT2D eigenvalue weighted by molar-refractivity contribution is 5.83. The fourth-order valence-corrected chi connectivity index (χ4v) is 2.28. The number of aromatic nitrogens is 2. The van der Waals surface area contributed by atoms with Crippen molar-refractivity contribution in [2.75, 3.05) is 11.4 Å². The van der Waals surface area contributed by atoms with Crippen molar-refractivity contribution in [3.8, 4) is 5.88 Å². The lowest BCUT2D eigenvalue weighted by molar-refractivity contribution is -0.142. The molecule has 1 aliphatic rings. The van der Waals surface area contributed by atoms with Crippen LogP contribution >= 0.6 is 0 Å². The number of hydrogen-bond donors (Lipinski definition) is 1. The van der Waals surface area contributed by atoms with Crippen LogP contribution in [0.4, 0.5) is 5.95 Å². The molecule has 0 saturated carbocycles. The van der Waals surface area contributed by atoms with Gasteiger partial charge in [-0.15, -0.1) is 0 Å². The molecule has 0 amide bonds. The summed E-state index contributed by atoms with van der Waals surface area (Å²) in [6.07, 6.45) is 3.04. The third kappa shape index (κ3) is 2.62. The van der Waals surface area contributed by atoms with Crippen LogP contribution in [0.1, 0.15) is 33.6 Å². The minimum Gasteiger partial charge on any atom is -0.480 e. The number of nitrogens with zero attached hydrogens (tertiary/aromatic N) is 3. The molecule has 1 N–H and O–H groups in total. The number of carboxylic acids is 1. The van der Waals surface area contributed by atoms with Crippen LogP contribution in [-0.2, 0) is 4.79 Å². The van der Waals surface area contributed by atoms with Crippen LogP contribution in [0.5, 0.6) is 5.88 Å². The molecular weight excluding hydrogens is 246 g/mol. The third-order valence-electron chi connectivity index (χ3n) is 3.32. The molecular formula is C13H19N3O3. The second-order valence-corrected chi connectivity index (χ2v) is 5.20. The van der Waals surface area contributed by atoms with Crippen LogP contribution in [0.3, 0.4) is 0 Å². The maximum Gasteiger partial charge on any atom is 0.329 e. The SMILES string of the molecule is CC(C)Oc1ccnc(N2CCCC2(C)C(=O)O)n1. The van der Waals surface area contributed by atoms with E-state index in [9.17, 15) is 9.90 Å². The van der Waals surface area contributed by atoms with Gasteiger partial charge in [-0.3, -0.25) is 0 Å². The fraction of sp³-hybridized carbons (Fsp3) is 0.615. The van der Waals surface area contributed by atoms with Crippen LogP contribution in [0, 0.1) is 0 Å². The van der Waals surface area contributed by atoms with E-state index in [1.807, 2.05) is 13.8 Å². The number of ether oxygens (including phenoxy) is 1. The van der Waals surface area contributed by atoms with E-state index >= 15 is 0 Å². The maximum atomic E-state index is 11.4. The lowest BCUT2D eigenvalue weighted by Gasteiger charge is -2.31. The van der Waals surface area contributed by atoms with Gasteiger partial charge in [0, 0.05) is 18.8 Å². The molecule has 0 bridgehead atoms. The summed E-state index contributed by atoms with van der Waals surface area (Å²) in [4.78, 5) is 21.7. The predicted molar refractivity (Wildman–Crippen MR) is 70.4 cm³/mol. The smallest absolute Gasteiger partial charge is 0.329 e. The summed E-state index contributed by atoms with van der Waals surface area (Å²) in [6.45, 7) is 6.19. The van der Waals surface area contributed by atoms with Crippen molar-refractivity contribution in [2.45, 2.75) is 45.3 Å². The van der Waals surface area contributed by atoms with E-state index in [1.165, 1.54) is 0 Å². The van der Waals surface area contributed by atoms with Crippen molar-refractivity contribution < 1.29 is 14.6 Å². The van der Waals surface area contributed by atoms with Gasteiger partial charge in [0.2, 0.25) is 11.8 Å². The molecule has 2 rings (SSSR count). The first-order chi connectivity index (χ1) is 8.93. The summed E-state index contributed by atoms with van der Waals surface area (Å²) in [5.41, 5.74) is -0.934. The predicted octanol–water partition coefficient (Wildman–Crippen LogP) is 1.71. The molecule has 1 saturated heterocycles. The Kier molecular flexibility index (Phi) is 3.59. The number of carbonyl (C=O) groups is 1. The Morgan fingerprint density at radius 3 is 2.95 bits per heavy atom. The first-order valence-corrected chi connectivity index (χ1v) is 6.44. The highest BCUT2D eigenvalue weighted by atomic mass is 16.5. The first-order valence-electron chi connectivity index (χ1n) is 6.44. The fourth-order valence-electron chi connectivity index (χ4n) is 2.28. The minimum atomic E-state index is -0.934. The van der Waals surface area contributed by atoms with Gasteiger partial charge < -0.3 is 14.7 Å². The van der Waals surface area contributed by atoms with Crippen molar-refractivity contribution in [1.29, 1.82) is 0 Å². The largest absolute Gasteiger partial charge is 0.480 e. The van der Waals surface area contributed by atoms with Crippen molar-refractivity contribution >= 4 is 11.9 Å². The Labute approximate surface area is 112 Å². The summed E-state index contributed by atoms with van der Waals surface area (Å²) in [5.74, 6) is 0.0453. The quantitative estimate of drug-likeness (QED) is 0.893. The highest BCUT2D eigenvalue weighted by Gasteiger charge is 2.44. The number of carboxylic acid groups (broad SMARTS) is 1. The van der Waals surface area contributed by atoms with E-state index < -0.39 is 11.5 Å². The van der Waals surface area contributed by atoms with Crippen molar-refractivity contribution in [2.24, 2.45) is 0 Å². The Hall–Kier alpha value is -1.85. The van der Waals surface area contributed by atoms with Gasteiger partial charge in [0.15, 0.2) is 0 Å². The molecule has 2 heterocycles. The van der Waals surface area contributed by atoms with Crippen molar-refractivity contribution in [1.82, 2.24) is 9.97 Å². The average Bonchev–Trinajstić information content (AvgIpc) is 2.72. The van der Waals surface area contributed by atoms with E-state index in [-0.39, 0.29) is 6.10 Å². The van der Waals surface area contributed by atoms with E-state index in [1.54, 1.807) is 24.1 Å². The highest BCUT2D eigenvalue weighted by Crippen LogP contribution is 2.32. The third-order valence-corrected chi connectivity index (χ3v) is 3.32. The molecule has 0 radical (unpaired) electrons. The van der Waals surface area contributed by atoms with Gasteiger partial charge in [-0.05, 0) is 33.6 Å². The van der Waals surface area contributed by atoms with Crippen molar-refractivity contribution in [3.05, 3.63) is 12.3 Å². The summed E-state index contributed by atoms with van der Waals surface area (Å²) in [5, 5.41) is 9.39. The monoisotopic (exact) mass is 265 g/mol. The molecule has 0 spiro atoms. The van der Waals surface area contributed by atoms with Crippen LogP contribution in [0.15, 0.2) is 12.3 Å². The molecule has 1 aromatic heterocycles. The molecule has 1 aliphatic heterocycles. The zero-order valence-corrected chi connectivity index (χ0v) is 11.5. The molecule has 6 heteroatoms. The molecule has 1 fully saturated rings. The van der Waals surface area contributed by atoms with Gasteiger partial charge in [0.1, 0.15) is 5.54 Å². The first kappa shape index (κ1) is 13.6. The molecule has 1 unspecified atom stereocenters. The van der Waals surface area contributed by atoms with E-state index in [0.717, 1.165) is 6.42 Å². The molecule has 104 valence electrons. The number of anilines is 1. The van der Waals surface area contributed by atoms with Crippen molar-refractivity contribution in [3.63, 3.8) is 0 Å². The van der Waals surface area contributed by atoms with Gasteiger partial charge >= 0.3 is 5.97 Å². The standard InChI is InChI=1S/C13H19N3O3/c1-9(2)19-10-5-7-14-12(15-10)16-8-4-6-13(16,3)11(17)18/h5,7,9H,4,6,8H2,1-3H3,(H,17,18). The average molecular weight is 265 g/mol. The lowest BCUT2D eigenvalue weighted by atomic mass is 10.00. The summed E-state index contributed by atoms with van der Waals surface area (Å²) in [7, 11) is 0. The second kappa shape index (κ2) is 5.03. The van der Waals surface area contributed by atoms with Crippen LogP contribution in [-0.4, -0.2) is 39.2 Å². The Morgan fingerprint density at radius 2 is 2.32 bits per heavy atom. The molecule has 0 aliphatic carbocycles. The Bertz CT molecular complexity index is 478.